The van der Waals surface area contributed by atoms with Crippen molar-refractivity contribution in [1.82, 2.24) is 4.90 Å². The van der Waals surface area contributed by atoms with E-state index >= 15 is 0 Å². The van der Waals surface area contributed by atoms with Gasteiger partial charge in [0.1, 0.15) is 6.61 Å². The molecule has 5 nitrogen and oxygen atoms in total. The number of hydrogen-bond donors (Lipinski definition) is 0. The zero-order valence-corrected chi connectivity index (χ0v) is 18.1. The van der Waals surface area contributed by atoms with Gasteiger partial charge in [-0.3, -0.25) is 4.79 Å². The fourth-order valence-electron chi connectivity index (χ4n) is 5.08. The van der Waals surface area contributed by atoms with Crippen molar-refractivity contribution >= 4 is 5.91 Å². The number of carbonyl (C=O) groups is 1. The summed E-state index contributed by atoms with van der Waals surface area (Å²) < 4.78 is 17.2. The Bertz CT molecular complexity index is 857. The number of ether oxygens (including phenoxy) is 3. The first kappa shape index (κ1) is 20.6. The fraction of sp³-hybridized carbons (Fsp3) is 0.480. The van der Waals surface area contributed by atoms with Crippen LogP contribution in [-0.2, 0) is 6.61 Å². The molecule has 1 aliphatic heterocycles. The van der Waals surface area contributed by atoms with Gasteiger partial charge in [-0.2, -0.15) is 0 Å². The molecule has 1 heterocycles. The monoisotopic (exact) mass is 409 g/mol. The van der Waals surface area contributed by atoms with Gasteiger partial charge < -0.3 is 19.1 Å². The summed E-state index contributed by atoms with van der Waals surface area (Å²) in [5.41, 5.74) is 1.64. The molecule has 0 spiro atoms. The summed E-state index contributed by atoms with van der Waals surface area (Å²) in [7, 11) is 3.18. The summed E-state index contributed by atoms with van der Waals surface area (Å²) in [6.07, 6.45) is 5.93. The van der Waals surface area contributed by atoms with Crippen LogP contribution in [0.1, 0.15) is 54.9 Å². The van der Waals surface area contributed by atoms with E-state index in [4.69, 9.17) is 14.2 Å². The highest BCUT2D eigenvalue weighted by Gasteiger charge is 2.43. The standard InChI is InChI=1S/C25H31NO4/c1-17-13-19-11-7-8-12-21(19)26(17)25(27)20-14-22(28-2)24(23(15-20)29-3)30-16-18-9-5-4-6-10-18/h4-6,9-10,14-15,17,19,21H,7-8,11-13,16H2,1-3H3. The molecule has 160 valence electrons. The average Bonchev–Trinajstić information content (AvgIpc) is 3.12. The van der Waals surface area contributed by atoms with Crippen LogP contribution in [0.3, 0.4) is 0 Å². The predicted molar refractivity (Wildman–Crippen MR) is 116 cm³/mol. The first-order valence-corrected chi connectivity index (χ1v) is 10.9. The van der Waals surface area contributed by atoms with E-state index in [1.807, 2.05) is 30.3 Å². The maximum absolute atomic E-state index is 13.5. The number of fused-ring (bicyclic) bond motifs is 1. The largest absolute Gasteiger partial charge is 0.493 e. The average molecular weight is 410 g/mol. The molecule has 3 atom stereocenters. The van der Waals surface area contributed by atoms with Gasteiger partial charge in [0.05, 0.1) is 14.2 Å². The van der Waals surface area contributed by atoms with Crippen LogP contribution in [0.4, 0.5) is 0 Å². The summed E-state index contributed by atoms with van der Waals surface area (Å²) in [5.74, 6) is 2.24. The lowest BCUT2D eigenvalue weighted by Crippen LogP contribution is -2.42. The maximum Gasteiger partial charge on any atom is 0.254 e. The Kier molecular flexibility index (Phi) is 6.16. The Morgan fingerprint density at radius 1 is 1.03 bits per heavy atom. The smallest absolute Gasteiger partial charge is 0.254 e. The Morgan fingerprint density at radius 3 is 2.37 bits per heavy atom. The second-order valence-corrected chi connectivity index (χ2v) is 8.39. The van der Waals surface area contributed by atoms with E-state index < -0.39 is 0 Å². The van der Waals surface area contributed by atoms with E-state index in [1.165, 1.54) is 19.3 Å². The Hall–Kier alpha value is -2.69. The number of methoxy groups -OCH3 is 2. The number of carbonyl (C=O) groups excluding carboxylic acids is 1. The second kappa shape index (κ2) is 8.99. The summed E-state index contributed by atoms with van der Waals surface area (Å²) in [6.45, 7) is 2.57. The van der Waals surface area contributed by atoms with Crippen molar-refractivity contribution in [3.8, 4) is 17.2 Å². The number of rotatable bonds is 6. The van der Waals surface area contributed by atoms with Crippen LogP contribution in [0, 0.1) is 5.92 Å². The molecule has 1 amide bonds. The minimum atomic E-state index is 0.0584. The number of amides is 1. The van der Waals surface area contributed by atoms with Crippen molar-refractivity contribution in [1.29, 1.82) is 0 Å². The summed E-state index contributed by atoms with van der Waals surface area (Å²) in [4.78, 5) is 15.6. The molecule has 1 saturated heterocycles. The molecule has 2 fully saturated rings. The molecule has 0 N–H and O–H groups in total. The molecule has 0 aromatic heterocycles. The molecule has 0 radical (unpaired) electrons. The van der Waals surface area contributed by atoms with Crippen LogP contribution in [0.5, 0.6) is 17.2 Å². The number of hydrogen-bond acceptors (Lipinski definition) is 4. The van der Waals surface area contributed by atoms with Crippen molar-refractivity contribution in [3.63, 3.8) is 0 Å². The highest BCUT2D eigenvalue weighted by molar-refractivity contribution is 5.96. The lowest BCUT2D eigenvalue weighted by Gasteiger charge is -2.33. The molecule has 2 aliphatic rings. The number of benzene rings is 2. The first-order valence-electron chi connectivity index (χ1n) is 10.9. The van der Waals surface area contributed by atoms with Crippen LogP contribution >= 0.6 is 0 Å². The SMILES string of the molecule is COc1cc(C(=O)N2C(C)CC3CCCCC32)cc(OC)c1OCc1ccccc1. The van der Waals surface area contributed by atoms with Crippen LogP contribution in [0.15, 0.2) is 42.5 Å². The molecule has 4 rings (SSSR count). The minimum Gasteiger partial charge on any atom is -0.493 e. The van der Waals surface area contributed by atoms with Crippen molar-refractivity contribution in [2.45, 2.75) is 57.7 Å². The highest BCUT2D eigenvalue weighted by Crippen LogP contribution is 2.43. The van der Waals surface area contributed by atoms with Crippen LogP contribution in [-0.4, -0.2) is 37.1 Å². The molecular formula is C25H31NO4. The summed E-state index contributed by atoms with van der Waals surface area (Å²) in [5, 5.41) is 0. The third-order valence-corrected chi connectivity index (χ3v) is 6.51. The van der Waals surface area contributed by atoms with Gasteiger partial charge in [0.2, 0.25) is 5.75 Å². The molecule has 1 saturated carbocycles. The van der Waals surface area contributed by atoms with E-state index in [9.17, 15) is 4.79 Å². The van der Waals surface area contributed by atoms with Crippen molar-refractivity contribution in [2.75, 3.05) is 14.2 Å². The van der Waals surface area contributed by atoms with Crippen LogP contribution in [0.2, 0.25) is 0 Å². The Morgan fingerprint density at radius 2 is 1.70 bits per heavy atom. The lowest BCUT2D eigenvalue weighted by molar-refractivity contribution is 0.0632. The fourth-order valence-corrected chi connectivity index (χ4v) is 5.08. The van der Waals surface area contributed by atoms with Crippen molar-refractivity contribution in [3.05, 3.63) is 53.6 Å². The molecular weight excluding hydrogens is 378 g/mol. The predicted octanol–water partition coefficient (Wildman–Crippen LogP) is 5.08. The van der Waals surface area contributed by atoms with Gasteiger partial charge in [-0.25, -0.2) is 0 Å². The van der Waals surface area contributed by atoms with E-state index in [0.29, 0.717) is 41.4 Å². The topological polar surface area (TPSA) is 48.0 Å². The zero-order chi connectivity index (χ0) is 21.1. The molecule has 1 aliphatic carbocycles. The lowest BCUT2D eigenvalue weighted by atomic mass is 9.85. The quantitative estimate of drug-likeness (QED) is 0.668. The molecule has 3 unspecified atom stereocenters. The van der Waals surface area contributed by atoms with Crippen LogP contribution in [0.25, 0.3) is 0 Å². The van der Waals surface area contributed by atoms with Gasteiger partial charge in [0.25, 0.3) is 5.91 Å². The minimum absolute atomic E-state index is 0.0584. The molecule has 2 aromatic carbocycles. The van der Waals surface area contributed by atoms with E-state index in [-0.39, 0.29) is 11.9 Å². The van der Waals surface area contributed by atoms with E-state index in [2.05, 4.69) is 11.8 Å². The van der Waals surface area contributed by atoms with Gasteiger partial charge in [0, 0.05) is 17.6 Å². The number of nitrogens with zero attached hydrogens (tertiary/aromatic N) is 1. The molecule has 0 bridgehead atoms. The summed E-state index contributed by atoms with van der Waals surface area (Å²) in [6, 6.07) is 14.1. The molecule has 30 heavy (non-hydrogen) atoms. The van der Waals surface area contributed by atoms with Crippen LogP contribution < -0.4 is 14.2 Å². The Balaban J connectivity index is 1.60. The summed E-state index contributed by atoms with van der Waals surface area (Å²) >= 11 is 0. The maximum atomic E-state index is 13.5. The van der Waals surface area contributed by atoms with Gasteiger partial charge in [-0.15, -0.1) is 0 Å². The van der Waals surface area contributed by atoms with Gasteiger partial charge in [-0.1, -0.05) is 43.2 Å². The Labute approximate surface area is 178 Å². The third-order valence-electron chi connectivity index (χ3n) is 6.51. The number of likely N-dealkylation sites (tertiary alicyclic amines) is 1. The van der Waals surface area contributed by atoms with Gasteiger partial charge in [0.15, 0.2) is 11.5 Å². The van der Waals surface area contributed by atoms with E-state index in [1.54, 1.807) is 26.4 Å². The first-order chi connectivity index (χ1) is 14.6. The molecule has 2 aromatic rings. The van der Waals surface area contributed by atoms with Gasteiger partial charge in [-0.05, 0) is 49.8 Å². The van der Waals surface area contributed by atoms with Crippen molar-refractivity contribution in [2.24, 2.45) is 5.92 Å². The van der Waals surface area contributed by atoms with Crippen molar-refractivity contribution < 1.29 is 19.0 Å². The third kappa shape index (κ3) is 3.98. The van der Waals surface area contributed by atoms with E-state index in [0.717, 1.165) is 18.4 Å². The highest BCUT2D eigenvalue weighted by atomic mass is 16.5. The van der Waals surface area contributed by atoms with Gasteiger partial charge >= 0.3 is 0 Å². The molecule has 5 heteroatoms. The normalized spacial score (nSPS) is 23.0. The second-order valence-electron chi connectivity index (χ2n) is 8.39. The zero-order valence-electron chi connectivity index (χ0n) is 18.1.